The molecule has 6 aromatic rings. The summed E-state index contributed by atoms with van der Waals surface area (Å²) in [4.78, 5) is 2.61. The minimum absolute atomic E-state index is 0.675. The van der Waals surface area contributed by atoms with Gasteiger partial charge in [-0.25, -0.2) is 0 Å². The molecule has 7 rings (SSSR count). The lowest BCUT2D eigenvalue weighted by Crippen LogP contribution is -2.57. The van der Waals surface area contributed by atoms with E-state index in [0.29, 0.717) is 0 Å². The Labute approximate surface area is 294 Å². The molecule has 1 saturated heterocycles. The highest BCUT2D eigenvalue weighted by Gasteiger charge is 2.46. The number of likely N-dealkylation sites (tertiary alicyclic amines) is 1. The van der Waals surface area contributed by atoms with Crippen molar-refractivity contribution in [3.63, 3.8) is 0 Å². The third-order valence-electron chi connectivity index (χ3n) is 10.1. The SMILES string of the molecule is CCCN1CCCCC1C.c1ccc(C(NC(c2ccccc2)(c2ccccc2)c2ccccc2)(c2ccccc2)c2ccccc2)cc1. The maximum atomic E-state index is 4.38. The topological polar surface area (TPSA) is 15.3 Å². The zero-order valence-corrected chi connectivity index (χ0v) is 29.1. The van der Waals surface area contributed by atoms with Crippen LogP contribution < -0.4 is 5.32 Å². The summed E-state index contributed by atoms with van der Waals surface area (Å²) in [5, 5.41) is 4.38. The highest BCUT2D eigenvalue weighted by molar-refractivity contribution is 5.56. The summed E-state index contributed by atoms with van der Waals surface area (Å²) in [6.07, 6.45) is 5.59. The lowest BCUT2D eigenvalue weighted by molar-refractivity contribution is 0.161. The Morgan fingerprint density at radius 2 is 0.755 bits per heavy atom. The summed E-state index contributed by atoms with van der Waals surface area (Å²) >= 11 is 0. The van der Waals surface area contributed by atoms with Crippen molar-refractivity contribution in [1.82, 2.24) is 10.2 Å². The summed E-state index contributed by atoms with van der Waals surface area (Å²) in [6, 6.07) is 65.8. The fourth-order valence-electron chi connectivity index (χ4n) is 7.62. The van der Waals surface area contributed by atoms with Gasteiger partial charge in [-0.1, -0.05) is 195 Å². The van der Waals surface area contributed by atoms with Crippen LogP contribution in [0.2, 0.25) is 0 Å². The van der Waals surface area contributed by atoms with Crippen LogP contribution in [0.25, 0.3) is 0 Å². The van der Waals surface area contributed by atoms with Crippen LogP contribution in [-0.4, -0.2) is 24.0 Å². The van der Waals surface area contributed by atoms with E-state index in [1.807, 2.05) is 0 Å². The predicted molar refractivity (Wildman–Crippen MR) is 207 cm³/mol. The van der Waals surface area contributed by atoms with Gasteiger partial charge in [0.25, 0.3) is 0 Å². The number of benzene rings is 6. The third-order valence-corrected chi connectivity index (χ3v) is 10.1. The standard InChI is InChI=1S/C38H31N.C9H19N/c1-7-19-31(20-8-1)37(32-21-9-2-10-22-32,33-23-11-3-12-24-33)39-38(34-25-13-4-14-26-34,35-27-15-5-16-28-35)36-29-17-6-18-30-36;1-3-7-10-8-5-4-6-9(10)2/h1-30,39H;9H,3-8H2,1-2H3. The predicted octanol–water partition coefficient (Wildman–Crippen LogP) is 10.8. The van der Waals surface area contributed by atoms with Crippen LogP contribution >= 0.6 is 0 Å². The molecule has 1 atom stereocenters. The van der Waals surface area contributed by atoms with Gasteiger partial charge in [-0.3, -0.25) is 5.32 Å². The van der Waals surface area contributed by atoms with Crippen molar-refractivity contribution >= 4 is 0 Å². The van der Waals surface area contributed by atoms with Crippen molar-refractivity contribution in [1.29, 1.82) is 0 Å². The van der Waals surface area contributed by atoms with Crippen molar-refractivity contribution in [2.24, 2.45) is 0 Å². The van der Waals surface area contributed by atoms with E-state index in [2.05, 4.69) is 206 Å². The van der Waals surface area contributed by atoms with Gasteiger partial charge in [0.1, 0.15) is 0 Å². The van der Waals surface area contributed by atoms with E-state index in [1.54, 1.807) is 0 Å². The molecule has 0 aromatic heterocycles. The molecule has 2 heteroatoms. The van der Waals surface area contributed by atoms with E-state index < -0.39 is 11.1 Å². The summed E-state index contributed by atoms with van der Waals surface area (Å²) < 4.78 is 0. The molecule has 1 fully saturated rings. The van der Waals surface area contributed by atoms with Gasteiger partial charge in [0.15, 0.2) is 0 Å². The molecule has 0 amide bonds. The molecule has 0 bridgehead atoms. The van der Waals surface area contributed by atoms with Gasteiger partial charge in [-0.05, 0) is 72.7 Å². The van der Waals surface area contributed by atoms with Gasteiger partial charge in [0, 0.05) is 6.04 Å². The van der Waals surface area contributed by atoms with Gasteiger partial charge < -0.3 is 4.90 Å². The highest BCUT2D eigenvalue weighted by Crippen LogP contribution is 2.45. The first-order valence-corrected chi connectivity index (χ1v) is 18.0. The molecule has 248 valence electrons. The Hall–Kier alpha value is -4.76. The zero-order chi connectivity index (χ0) is 33.8. The summed E-state index contributed by atoms with van der Waals surface area (Å²) in [5.41, 5.74) is 5.70. The molecule has 2 nitrogen and oxygen atoms in total. The van der Waals surface area contributed by atoms with E-state index in [4.69, 9.17) is 0 Å². The second-order valence-corrected chi connectivity index (χ2v) is 13.2. The lowest BCUT2D eigenvalue weighted by Gasteiger charge is -2.47. The molecular formula is C47H50N2. The summed E-state index contributed by atoms with van der Waals surface area (Å²) in [6.45, 7) is 7.27. The van der Waals surface area contributed by atoms with E-state index in [9.17, 15) is 0 Å². The average molecular weight is 643 g/mol. The van der Waals surface area contributed by atoms with Gasteiger partial charge >= 0.3 is 0 Å². The van der Waals surface area contributed by atoms with E-state index in [1.165, 1.54) is 72.2 Å². The van der Waals surface area contributed by atoms with Gasteiger partial charge in [0.2, 0.25) is 0 Å². The van der Waals surface area contributed by atoms with Crippen LogP contribution in [0.1, 0.15) is 72.9 Å². The molecule has 1 aliphatic heterocycles. The van der Waals surface area contributed by atoms with Crippen molar-refractivity contribution < 1.29 is 0 Å². The second kappa shape index (κ2) is 16.6. The van der Waals surface area contributed by atoms with Crippen LogP contribution in [0.4, 0.5) is 0 Å². The van der Waals surface area contributed by atoms with Crippen LogP contribution in [0.15, 0.2) is 182 Å². The van der Waals surface area contributed by atoms with Gasteiger partial charge in [-0.2, -0.15) is 0 Å². The Kier molecular flexibility index (Phi) is 11.5. The highest BCUT2D eigenvalue weighted by atomic mass is 15.1. The largest absolute Gasteiger partial charge is 0.301 e. The normalized spacial score (nSPS) is 15.2. The number of hydrogen-bond donors (Lipinski definition) is 1. The first-order chi connectivity index (χ1) is 24.2. The van der Waals surface area contributed by atoms with Gasteiger partial charge in [-0.15, -0.1) is 0 Å². The molecular weight excluding hydrogens is 593 g/mol. The number of piperidine rings is 1. The summed E-state index contributed by atoms with van der Waals surface area (Å²) in [5.74, 6) is 0. The minimum atomic E-state index is -0.675. The number of nitrogens with zero attached hydrogens (tertiary/aromatic N) is 1. The molecule has 1 heterocycles. The van der Waals surface area contributed by atoms with Crippen molar-refractivity contribution in [2.45, 2.75) is 56.7 Å². The van der Waals surface area contributed by atoms with Crippen molar-refractivity contribution in [3.05, 3.63) is 215 Å². The van der Waals surface area contributed by atoms with Crippen LogP contribution in [0.5, 0.6) is 0 Å². The van der Waals surface area contributed by atoms with Crippen molar-refractivity contribution in [3.8, 4) is 0 Å². The van der Waals surface area contributed by atoms with E-state index in [-0.39, 0.29) is 0 Å². The van der Waals surface area contributed by atoms with E-state index in [0.717, 1.165) is 6.04 Å². The third kappa shape index (κ3) is 7.47. The number of hydrogen-bond acceptors (Lipinski definition) is 2. The zero-order valence-electron chi connectivity index (χ0n) is 29.1. The first kappa shape index (κ1) is 34.1. The fourth-order valence-corrected chi connectivity index (χ4v) is 7.62. The molecule has 1 aliphatic rings. The molecule has 0 spiro atoms. The Balaban J connectivity index is 0.000000359. The Morgan fingerprint density at radius 3 is 1.00 bits per heavy atom. The molecule has 0 aliphatic carbocycles. The van der Waals surface area contributed by atoms with Crippen LogP contribution in [-0.2, 0) is 11.1 Å². The first-order valence-electron chi connectivity index (χ1n) is 18.0. The smallest absolute Gasteiger partial charge is 0.0959 e. The van der Waals surface area contributed by atoms with Gasteiger partial charge in [0.05, 0.1) is 11.1 Å². The molecule has 0 radical (unpaired) electrons. The number of nitrogens with one attached hydrogen (secondary N) is 1. The van der Waals surface area contributed by atoms with Crippen LogP contribution in [0.3, 0.4) is 0 Å². The molecule has 6 aromatic carbocycles. The molecule has 1 unspecified atom stereocenters. The Bertz CT molecular complexity index is 1470. The van der Waals surface area contributed by atoms with E-state index >= 15 is 0 Å². The van der Waals surface area contributed by atoms with Crippen molar-refractivity contribution in [2.75, 3.05) is 13.1 Å². The lowest BCUT2D eigenvalue weighted by atomic mass is 9.70. The number of rotatable bonds is 10. The fraction of sp³-hybridized carbons (Fsp3) is 0.234. The Morgan fingerprint density at radius 1 is 0.469 bits per heavy atom. The minimum Gasteiger partial charge on any atom is -0.301 e. The maximum absolute atomic E-state index is 4.38. The van der Waals surface area contributed by atoms with Crippen LogP contribution in [0, 0.1) is 0 Å². The average Bonchev–Trinajstić information content (AvgIpc) is 3.19. The monoisotopic (exact) mass is 642 g/mol. The molecule has 1 N–H and O–H groups in total. The molecule has 49 heavy (non-hydrogen) atoms. The maximum Gasteiger partial charge on any atom is 0.0959 e. The summed E-state index contributed by atoms with van der Waals surface area (Å²) in [7, 11) is 0. The molecule has 0 saturated carbocycles. The second-order valence-electron chi connectivity index (χ2n) is 13.2. The quantitative estimate of drug-likeness (QED) is 0.150.